The third-order valence-corrected chi connectivity index (χ3v) is 9.43. The first-order valence-corrected chi connectivity index (χ1v) is 10.5. The van der Waals surface area contributed by atoms with E-state index in [4.69, 9.17) is 0 Å². The Hall–Kier alpha value is -0.0700. The first kappa shape index (κ1) is 16.4. The summed E-state index contributed by atoms with van der Waals surface area (Å²) in [6.07, 6.45) is 11.5. The van der Waals surface area contributed by atoms with Crippen LogP contribution in [0, 0.1) is 46.3 Å². The SMILES string of the molecule is CC1CCC2(C)C(CCC3C2CCC2(C)C(F)C(C)CCC32)C1. The molecular weight excluding hydrogens is 283 g/mol. The monoisotopic (exact) mass is 320 g/mol. The molecule has 0 aromatic rings. The van der Waals surface area contributed by atoms with Gasteiger partial charge in [-0.2, -0.15) is 0 Å². The van der Waals surface area contributed by atoms with E-state index >= 15 is 4.39 Å². The predicted octanol–water partition coefficient (Wildman–Crippen LogP) is 6.64. The van der Waals surface area contributed by atoms with Gasteiger partial charge in [0, 0.05) is 5.41 Å². The van der Waals surface area contributed by atoms with Gasteiger partial charge in [-0.15, -0.1) is 0 Å². The standard InChI is InChI=1S/C22H37F/c1-14-9-11-21(3)16(13-14)6-7-17-18-8-5-15(2)20(23)22(18,4)12-10-19(17)21/h14-20H,5-13H2,1-4H3. The first-order chi connectivity index (χ1) is 10.9. The van der Waals surface area contributed by atoms with Gasteiger partial charge in [0.2, 0.25) is 0 Å². The van der Waals surface area contributed by atoms with Gasteiger partial charge in [-0.25, -0.2) is 4.39 Å². The Morgan fingerprint density at radius 1 is 0.783 bits per heavy atom. The van der Waals surface area contributed by atoms with Crippen molar-refractivity contribution >= 4 is 0 Å². The lowest BCUT2D eigenvalue weighted by molar-refractivity contribution is -0.157. The molecule has 0 aromatic carbocycles. The van der Waals surface area contributed by atoms with Gasteiger partial charge < -0.3 is 0 Å². The molecule has 0 amide bonds. The summed E-state index contributed by atoms with van der Waals surface area (Å²) in [5.74, 6) is 4.58. The van der Waals surface area contributed by atoms with Gasteiger partial charge in [0.25, 0.3) is 0 Å². The Bertz CT molecular complexity index is 459. The number of hydrogen-bond acceptors (Lipinski definition) is 0. The topological polar surface area (TPSA) is 0 Å². The number of hydrogen-bond donors (Lipinski definition) is 0. The molecule has 0 radical (unpaired) electrons. The van der Waals surface area contributed by atoms with E-state index < -0.39 is 6.17 Å². The van der Waals surface area contributed by atoms with E-state index in [1.807, 2.05) is 0 Å². The van der Waals surface area contributed by atoms with Crippen LogP contribution in [-0.4, -0.2) is 6.17 Å². The van der Waals surface area contributed by atoms with Gasteiger partial charge in [-0.3, -0.25) is 0 Å². The lowest BCUT2D eigenvalue weighted by Crippen LogP contribution is -2.57. The fourth-order valence-electron chi connectivity index (χ4n) is 7.95. The third kappa shape index (κ3) is 2.27. The van der Waals surface area contributed by atoms with E-state index in [-0.39, 0.29) is 11.3 Å². The van der Waals surface area contributed by atoms with Crippen molar-refractivity contribution in [2.75, 3.05) is 0 Å². The summed E-state index contributed by atoms with van der Waals surface area (Å²) in [4.78, 5) is 0. The van der Waals surface area contributed by atoms with Crippen molar-refractivity contribution in [3.8, 4) is 0 Å². The number of halogens is 1. The lowest BCUT2D eigenvalue weighted by atomic mass is 9.42. The highest BCUT2D eigenvalue weighted by atomic mass is 19.1. The van der Waals surface area contributed by atoms with E-state index in [1.54, 1.807) is 0 Å². The average Bonchev–Trinajstić information content (AvgIpc) is 2.52. The molecule has 4 aliphatic carbocycles. The summed E-state index contributed by atoms with van der Waals surface area (Å²) in [7, 11) is 0. The van der Waals surface area contributed by atoms with Crippen molar-refractivity contribution in [2.45, 2.75) is 91.7 Å². The largest absolute Gasteiger partial charge is 0.247 e. The van der Waals surface area contributed by atoms with Gasteiger partial charge in [0.05, 0.1) is 0 Å². The van der Waals surface area contributed by atoms with E-state index in [0.717, 1.165) is 36.5 Å². The minimum Gasteiger partial charge on any atom is -0.247 e. The van der Waals surface area contributed by atoms with Crippen LogP contribution in [0.15, 0.2) is 0 Å². The smallest absolute Gasteiger partial charge is 0.108 e. The van der Waals surface area contributed by atoms with Crippen LogP contribution in [0.2, 0.25) is 0 Å². The van der Waals surface area contributed by atoms with Gasteiger partial charge >= 0.3 is 0 Å². The molecule has 0 aromatic heterocycles. The van der Waals surface area contributed by atoms with Crippen molar-refractivity contribution in [1.82, 2.24) is 0 Å². The fraction of sp³-hybridized carbons (Fsp3) is 1.00. The van der Waals surface area contributed by atoms with Crippen molar-refractivity contribution in [3.05, 3.63) is 0 Å². The Morgan fingerprint density at radius 3 is 2.26 bits per heavy atom. The number of fused-ring (bicyclic) bond motifs is 5. The fourth-order valence-corrected chi connectivity index (χ4v) is 7.95. The highest BCUT2D eigenvalue weighted by molar-refractivity contribution is 5.08. The Balaban J connectivity index is 1.62. The Labute approximate surface area is 143 Å². The van der Waals surface area contributed by atoms with E-state index in [9.17, 15) is 0 Å². The van der Waals surface area contributed by atoms with Crippen LogP contribution in [0.4, 0.5) is 4.39 Å². The zero-order chi connectivity index (χ0) is 16.4. The molecule has 0 heterocycles. The molecule has 0 aliphatic heterocycles. The predicted molar refractivity (Wildman–Crippen MR) is 95.0 cm³/mol. The van der Waals surface area contributed by atoms with Gasteiger partial charge in [-0.1, -0.05) is 34.1 Å². The van der Waals surface area contributed by atoms with Crippen LogP contribution in [0.5, 0.6) is 0 Å². The van der Waals surface area contributed by atoms with Crippen LogP contribution in [-0.2, 0) is 0 Å². The second kappa shape index (κ2) is 5.46. The minimum absolute atomic E-state index is 0.00993. The van der Waals surface area contributed by atoms with E-state index in [0.29, 0.717) is 11.3 Å². The average molecular weight is 321 g/mol. The van der Waals surface area contributed by atoms with Crippen LogP contribution in [0.3, 0.4) is 0 Å². The molecule has 0 saturated heterocycles. The molecule has 0 bridgehead atoms. The zero-order valence-corrected chi connectivity index (χ0v) is 15.8. The highest BCUT2D eigenvalue weighted by Gasteiger charge is 2.59. The van der Waals surface area contributed by atoms with E-state index in [1.165, 1.54) is 44.9 Å². The molecule has 4 saturated carbocycles. The van der Waals surface area contributed by atoms with Gasteiger partial charge in [0.15, 0.2) is 0 Å². The molecule has 4 rings (SSSR count). The summed E-state index contributed by atoms with van der Waals surface area (Å²) in [6.45, 7) is 9.55. The molecule has 1 heteroatoms. The molecule has 23 heavy (non-hydrogen) atoms. The second-order valence-electron chi connectivity index (χ2n) is 10.5. The zero-order valence-electron chi connectivity index (χ0n) is 15.8. The quantitative estimate of drug-likeness (QED) is 0.469. The summed E-state index contributed by atoms with van der Waals surface area (Å²) < 4.78 is 15.1. The second-order valence-corrected chi connectivity index (χ2v) is 10.5. The molecule has 9 atom stereocenters. The molecule has 9 unspecified atom stereocenters. The number of rotatable bonds is 0. The first-order valence-electron chi connectivity index (χ1n) is 10.5. The summed E-state index contributed by atoms with van der Waals surface area (Å²) >= 11 is 0. The third-order valence-electron chi connectivity index (χ3n) is 9.43. The maximum Gasteiger partial charge on any atom is 0.108 e. The van der Waals surface area contributed by atoms with Crippen LogP contribution in [0.25, 0.3) is 0 Å². The lowest BCUT2D eigenvalue weighted by Gasteiger charge is -2.63. The molecule has 4 fully saturated rings. The molecule has 0 spiro atoms. The Morgan fingerprint density at radius 2 is 1.48 bits per heavy atom. The van der Waals surface area contributed by atoms with Gasteiger partial charge in [-0.05, 0) is 92.3 Å². The number of alkyl halides is 1. The van der Waals surface area contributed by atoms with Crippen molar-refractivity contribution in [3.63, 3.8) is 0 Å². The molecular formula is C22H37F. The van der Waals surface area contributed by atoms with Crippen molar-refractivity contribution in [2.24, 2.45) is 46.3 Å². The molecule has 0 N–H and O–H groups in total. The normalized spacial score (nSPS) is 59.6. The minimum atomic E-state index is -0.556. The van der Waals surface area contributed by atoms with Crippen LogP contribution in [0.1, 0.15) is 85.5 Å². The Kier molecular flexibility index (Phi) is 3.90. The van der Waals surface area contributed by atoms with Crippen LogP contribution >= 0.6 is 0 Å². The maximum atomic E-state index is 15.1. The molecule has 0 nitrogen and oxygen atoms in total. The summed E-state index contributed by atoms with van der Waals surface area (Å²) in [5, 5.41) is 0. The molecule has 132 valence electrons. The summed E-state index contributed by atoms with van der Waals surface area (Å²) in [5.41, 5.74) is 0.565. The van der Waals surface area contributed by atoms with E-state index in [2.05, 4.69) is 27.7 Å². The maximum absolute atomic E-state index is 15.1. The summed E-state index contributed by atoms with van der Waals surface area (Å²) in [6, 6.07) is 0. The van der Waals surface area contributed by atoms with Crippen LogP contribution < -0.4 is 0 Å². The highest BCUT2D eigenvalue weighted by Crippen LogP contribution is 2.66. The van der Waals surface area contributed by atoms with Crippen molar-refractivity contribution < 1.29 is 4.39 Å². The molecule has 4 aliphatic rings. The van der Waals surface area contributed by atoms with Crippen molar-refractivity contribution in [1.29, 1.82) is 0 Å². The van der Waals surface area contributed by atoms with Gasteiger partial charge in [0.1, 0.15) is 6.17 Å².